The van der Waals surface area contributed by atoms with Crippen LogP contribution < -0.4 is 14.2 Å². The maximum absolute atomic E-state index is 6.08. The molecule has 0 aliphatic rings. The third kappa shape index (κ3) is 4.39. The van der Waals surface area contributed by atoms with Crippen LogP contribution in [-0.4, -0.2) is 12.9 Å². The molecule has 0 heterocycles. The van der Waals surface area contributed by atoms with Crippen molar-refractivity contribution in [2.75, 3.05) is 6.61 Å². The number of benzene rings is 4. The fourth-order valence-electron chi connectivity index (χ4n) is 2.87. The van der Waals surface area contributed by atoms with E-state index in [9.17, 15) is 0 Å². The predicted octanol–water partition coefficient (Wildman–Crippen LogP) is 5.70. The van der Waals surface area contributed by atoms with Crippen molar-refractivity contribution in [2.24, 2.45) is 0 Å². The number of ether oxygens (including phenoxy) is 3. The lowest BCUT2D eigenvalue weighted by Gasteiger charge is -2.21. The van der Waals surface area contributed by atoms with E-state index in [0.29, 0.717) is 0 Å². The fraction of sp³-hybridized carbons (Fsp3) is 0.0833. The SMILES string of the molecule is c1ccc(OC(COc2cccc3ccccc23)Oc2ccccc2)cc1. The highest BCUT2D eigenvalue weighted by Crippen LogP contribution is 2.26. The molecule has 0 aliphatic heterocycles. The molecule has 0 bridgehead atoms. The van der Waals surface area contributed by atoms with E-state index in [1.807, 2.05) is 84.9 Å². The Morgan fingerprint density at radius 1 is 0.556 bits per heavy atom. The van der Waals surface area contributed by atoms with Gasteiger partial charge >= 0.3 is 0 Å². The summed E-state index contributed by atoms with van der Waals surface area (Å²) in [5.74, 6) is 2.28. The van der Waals surface area contributed by atoms with Crippen LogP contribution >= 0.6 is 0 Å². The van der Waals surface area contributed by atoms with Gasteiger partial charge in [-0.3, -0.25) is 0 Å². The first-order valence-electron chi connectivity index (χ1n) is 8.92. The molecule has 4 aromatic carbocycles. The molecule has 0 radical (unpaired) electrons. The smallest absolute Gasteiger partial charge is 0.274 e. The molecule has 0 aromatic heterocycles. The van der Waals surface area contributed by atoms with Crippen LogP contribution in [0.15, 0.2) is 103 Å². The first kappa shape index (κ1) is 17.0. The van der Waals surface area contributed by atoms with Gasteiger partial charge in [0, 0.05) is 5.39 Å². The van der Waals surface area contributed by atoms with Crippen molar-refractivity contribution in [3.05, 3.63) is 103 Å². The summed E-state index contributed by atoms with van der Waals surface area (Å²) in [5.41, 5.74) is 0. The zero-order valence-corrected chi connectivity index (χ0v) is 14.8. The number of rotatable bonds is 7. The molecule has 3 heteroatoms. The molecule has 0 atom stereocenters. The van der Waals surface area contributed by atoms with Crippen molar-refractivity contribution in [1.29, 1.82) is 0 Å². The molecule has 0 saturated heterocycles. The number of hydrogen-bond donors (Lipinski definition) is 0. The molecule has 4 aromatic rings. The maximum Gasteiger partial charge on any atom is 0.274 e. The minimum Gasteiger partial charge on any atom is -0.485 e. The van der Waals surface area contributed by atoms with Crippen LogP contribution in [0.1, 0.15) is 0 Å². The van der Waals surface area contributed by atoms with Crippen molar-refractivity contribution in [2.45, 2.75) is 6.29 Å². The minimum atomic E-state index is -0.575. The van der Waals surface area contributed by atoms with E-state index in [0.717, 1.165) is 28.0 Å². The minimum absolute atomic E-state index is 0.262. The summed E-state index contributed by atoms with van der Waals surface area (Å²) >= 11 is 0. The van der Waals surface area contributed by atoms with E-state index in [2.05, 4.69) is 18.2 Å². The van der Waals surface area contributed by atoms with Gasteiger partial charge in [0.05, 0.1) is 0 Å². The Kier molecular flexibility index (Phi) is 5.21. The number of para-hydroxylation sites is 2. The van der Waals surface area contributed by atoms with Gasteiger partial charge in [0.1, 0.15) is 17.2 Å². The van der Waals surface area contributed by atoms with Crippen molar-refractivity contribution in [3.8, 4) is 17.2 Å². The summed E-state index contributed by atoms with van der Waals surface area (Å²) in [6.07, 6.45) is -0.575. The van der Waals surface area contributed by atoms with Crippen LogP contribution in [0.2, 0.25) is 0 Å². The predicted molar refractivity (Wildman–Crippen MR) is 107 cm³/mol. The maximum atomic E-state index is 6.08. The summed E-state index contributed by atoms with van der Waals surface area (Å²) in [5, 5.41) is 2.21. The lowest BCUT2D eigenvalue weighted by atomic mass is 10.1. The average molecular weight is 356 g/mol. The molecule has 0 amide bonds. The fourth-order valence-corrected chi connectivity index (χ4v) is 2.87. The standard InChI is InChI=1S/C24H20O3/c1-3-12-20(13-4-1)26-24(27-21-14-5-2-6-15-21)18-25-23-17-9-11-19-10-7-8-16-22(19)23/h1-17,24H,18H2. The Morgan fingerprint density at radius 2 is 1.11 bits per heavy atom. The first-order chi connectivity index (χ1) is 13.4. The Labute approximate surface area is 158 Å². The first-order valence-corrected chi connectivity index (χ1v) is 8.92. The second-order valence-corrected chi connectivity index (χ2v) is 6.08. The summed E-state index contributed by atoms with van der Waals surface area (Å²) in [6.45, 7) is 0.262. The third-order valence-electron chi connectivity index (χ3n) is 4.15. The van der Waals surface area contributed by atoms with Gasteiger partial charge in [0.25, 0.3) is 6.29 Å². The summed E-state index contributed by atoms with van der Waals surface area (Å²) in [4.78, 5) is 0. The Hall–Kier alpha value is -3.46. The normalized spacial score (nSPS) is 10.7. The van der Waals surface area contributed by atoms with Gasteiger partial charge in [-0.15, -0.1) is 0 Å². The van der Waals surface area contributed by atoms with Crippen LogP contribution in [0.5, 0.6) is 17.2 Å². The molecule has 0 spiro atoms. The van der Waals surface area contributed by atoms with E-state index >= 15 is 0 Å². The van der Waals surface area contributed by atoms with Gasteiger partial charge in [0.15, 0.2) is 6.61 Å². The molecular formula is C24H20O3. The third-order valence-corrected chi connectivity index (χ3v) is 4.15. The summed E-state index contributed by atoms with van der Waals surface area (Å²) < 4.78 is 18.1. The number of fused-ring (bicyclic) bond motifs is 1. The lowest BCUT2D eigenvalue weighted by Crippen LogP contribution is -2.31. The highest BCUT2D eigenvalue weighted by atomic mass is 16.7. The highest BCUT2D eigenvalue weighted by molar-refractivity contribution is 5.88. The topological polar surface area (TPSA) is 27.7 Å². The van der Waals surface area contributed by atoms with Crippen LogP contribution in [0.4, 0.5) is 0 Å². The van der Waals surface area contributed by atoms with Crippen molar-refractivity contribution in [3.63, 3.8) is 0 Å². The Morgan fingerprint density at radius 3 is 1.78 bits per heavy atom. The van der Waals surface area contributed by atoms with Crippen molar-refractivity contribution >= 4 is 10.8 Å². The van der Waals surface area contributed by atoms with Gasteiger partial charge in [-0.25, -0.2) is 0 Å². The van der Waals surface area contributed by atoms with Crippen LogP contribution in [0, 0.1) is 0 Å². The Bertz CT molecular complexity index is 937. The van der Waals surface area contributed by atoms with Crippen molar-refractivity contribution < 1.29 is 14.2 Å². The second kappa shape index (κ2) is 8.28. The van der Waals surface area contributed by atoms with Crippen molar-refractivity contribution in [1.82, 2.24) is 0 Å². The van der Waals surface area contributed by atoms with E-state index in [1.165, 1.54) is 0 Å². The van der Waals surface area contributed by atoms with Gasteiger partial charge in [-0.1, -0.05) is 72.8 Å². The Balaban J connectivity index is 1.53. The van der Waals surface area contributed by atoms with Crippen LogP contribution in [-0.2, 0) is 0 Å². The van der Waals surface area contributed by atoms with Crippen LogP contribution in [0.3, 0.4) is 0 Å². The molecule has 0 aliphatic carbocycles. The molecule has 0 N–H and O–H groups in total. The molecular weight excluding hydrogens is 336 g/mol. The molecule has 0 fully saturated rings. The zero-order chi connectivity index (χ0) is 18.3. The van der Waals surface area contributed by atoms with Gasteiger partial charge in [-0.05, 0) is 35.7 Å². The summed E-state index contributed by atoms with van der Waals surface area (Å²) in [7, 11) is 0. The van der Waals surface area contributed by atoms with E-state index in [4.69, 9.17) is 14.2 Å². The largest absolute Gasteiger partial charge is 0.485 e. The number of hydrogen-bond acceptors (Lipinski definition) is 3. The lowest BCUT2D eigenvalue weighted by molar-refractivity contribution is -0.0273. The monoisotopic (exact) mass is 356 g/mol. The molecule has 27 heavy (non-hydrogen) atoms. The molecule has 0 saturated carbocycles. The van der Waals surface area contributed by atoms with E-state index in [-0.39, 0.29) is 6.61 Å². The highest BCUT2D eigenvalue weighted by Gasteiger charge is 2.14. The van der Waals surface area contributed by atoms with E-state index in [1.54, 1.807) is 0 Å². The van der Waals surface area contributed by atoms with Gasteiger partial charge in [0.2, 0.25) is 0 Å². The van der Waals surface area contributed by atoms with E-state index < -0.39 is 6.29 Å². The van der Waals surface area contributed by atoms with Gasteiger partial charge in [-0.2, -0.15) is 0 Å². The zero-order valence-electron chi connectivity index (χ0n) is 14.8. The second-order valence-electron chi connectivity index (χ2n) is 6.08. The molecule has 0 unspecified atom stereocenters. The molecule has 3 nitrogen and oxygen atoms in total. The van der Waals surface area contributed by atoms with Crippen LogP contribution in [0.25, 0.3) is 10.8 Å². The quantitative estimate of drug-likeness (QED) is 0.397. The van der Waals surface area contributed by atoms with Gasteiger partial charge < -0.3 is 14.2 Å². The molecule has 4 rings (SSSR count). The average Bonchev–Trinajstić information content (AvgIpc) is 2.73. The molecule has 134 valence electrons. The summed E-state index contributed by atoms with van der Waals surface area (Å²) in [6, 6.07) is 33.4.